The Bertz CT molecular complexity index is 455. The number of carbonyl (C=O) groups is 1. The molecule has 0 aromatic heterocycles. The summed E-state index contributed by atoms with van der Waals surface area (Å²) >= 11 is 5.92. The molecule has 2 heterocycles. The summed E-state index contributed by atoms with van der Waals surface area (Å²) in [5.41, 5.74) is 1.02. The molecule has 3 rings (SSSR count). The Balaban J connectivity index is 2.02. The number of hydrogen-bond acceptors (Lipinski definition) is 3. The second kappa shape index (κ2) is 3.37. The fraction of sp³-hybridized carbons (Fsp3) is 0.364. The highest BCUT2D eigenvalue weighted by molar-refractivity contribution is 6.31. The van der Waals surface area contributed by atoms with Crippen LogP contribution in [0.25, 0.3) is 0 Å². The highest BCUT2D eigenvalue weighted by Gasteiger charge is 2.45. The van der Waals surface area contributed by atoms with Gasteiger partial charge < -0.3 is 15.4 Å². The van der Waals surface area contributed by atoms with Crippen molar-refractivity contribution in [2.75, 3.05) is 23.8 Å². The van der Waals surface area contributed by atoms with E-state index in [1.165, 1.54) is 0 Å². The zero-order valence-corrected chi connectivity index (χ0v) is 9.30. The molecule has 1 amide bonds. The Morgan fingerprint density at radius 2 is 2.25 bits per heavy atom. The fourth-order valence-corrected chi connectivity index (χ4v) is 2.30. The van der Waals surface area contributed by atoms with E-state index in [2.05, 4.69) is 10.6 Å². The molecule has 0 unspecified atom stereocenters. The van der Waals surface area contributed by atoms with Crippen molar-refractivity contribution in [2.24, 2.45) is 0 Å². The number of ether oxygens (including phenoxy) is 1. The van der Waals surface area contributed by atoms with Gasteiger partial charge in [0.1, 0.15) is 5.54 Å². The first-order chi connectivity index (χ1) is 7.70. The lowest BCUT2D eigenvalue weighted by molar-refractivity contribution is -0.120. The Kier molecular flexibility index (Phi) is 2.09. The summed E-state index contributed by atoms with van der Waals surface area (Å²) < 4.78 is 5.30. The summed E-state index contributed by atoms with van der Waals surface area (Å²) in [6.45, 7) is 1.01. The summed E-state index contributed by atoms with van der Waals surface area (Å²) in [5, 5.41) is 6.77. The van der Waals surface area contributed by atoms with Gasteiger partial charge in [-0.2, -0.15) is 0 Å². The van der Waals surface area contributed by atoms with Crippen molar-refractivity contribution in [1.29, 1.82) is 0 Å². The minimum Gasteiger partial charge on any atom is -0.378 e. The van der Waals surface area contributed by atoms with Crippen LogP contribution in [0.5, 0.6) is 0 Å². The normalized spacial score (nSPS) is 27.4. The van der Waals surface area contributed by atoms with Gasteiger partial charge in [-0.25, -0.2) is 0 Å². The van der Waals surface area contributed by atoms with Gasteiger partial charge in [0.2, 0.25) is 0 Å². The van der Waals surface area contributed by atoms with Gasteiger partial charge in [0.15, 0.2) is 0 Å². The molecule has 1 saturated heterocycles. The van der Waals surface area contributed by atoms with Crippen molar-refractivity contribution >= 4 is 28.9 Å². The van der Waals surface area contributed by atoms with E-state index in [0.717, 1.165) is 11.4 Å². The fourth-order valence-electron chi connectivity index (χ4n) is 2.13. The molecule has 16 heavy (non-hydrogen) atoms. The molecule has 2 N–H and O–H groups in total. The standard InChI is InChI=1S/C11H11ClN2O2/c12-7-1-2-8-9(5-7)14-11(10(15)13-8)3-4-16-6-11/h1-2,5,14H,3-4,6H2,(H,13,15)/t11-/m0/s1. The smallest absolute Gasteiger partial charge is 0.252 e. The van der Waals surface area contributed by atoms with Crippen LogP contribution in [0.2, 0.25) is 5.02 Å². The zero-order valence-electron chi connectivity index (χ0n) is 8.55. The third-order valence-corrected chi connectivity index (χ3v) is 3.30. The Morgan fingerprint density at radius 3 is 3.00 bits per heavy atom. The quantitative estimate of drug-likeness (QED) is 0.726. The van der Waals surface area contributed by atoms with Crippen molar-refractivity contribution in [3.05, 3.63) is 23.2 Å². The number of halogens is 1. The van der Waals surface area contributed by atoms with Crippen LogP contribution in [0.3, 0.4) is 0 Å². The van der Waals surface area contributed by atoms with E-state index in [9.17, 15) is 4.79 Å². The molecule has 1 atom stereocenters. The third-order valence-electron chi connectivity index (χ3n) is 3.06. The largest absolute Gasteiger partial charge is 0.378 e. The maximum atomic E-state index is 12.0. The molecule has 84 valence electrons. The Hall–Kier alpha value is -1.26. The molecule has 0 radical (unpaired) electrons. The minimum atomic E-state index is -0.613. The highest BCUT2D eigenvalue weighted by Crippen LogP contribution is 2.36. The number of amides is 1. The van der Waals surface area contributed by atoms with Crippen molar-refractivity contribution in [3.8, 4) is 0 Å². The Morgan fingerprint density at radius 1 is 1.38 bits per heavy atom. The average molecular weight is 239 g/mol. The van der Waals surface area contributed by atoms with Crippen molar-refractivity contribution in [2.45, 2.75) is 12.0 Å². The second-order valence-electron chi connectivity index (χ2n) is 4.15. The van der Waals surface area contributed by atoms with Crippen molar-refractivity contribution < 1.29 is 9.53 Å². The molecule has 0 bridgehead atoms. The lowest BCUT2D eigenvalue weighted by Crippen LogP contribution is -2.53. The first-order valence-corrected chi connectivity index (χ1v) is 5.54. The van der Waals surface area contributed by atoms with Gasteiger partial charge in [0.25, 0.3) is 5.91 Å². The first-order valence-electron chi connectivity index (χ1n) is 5.17. The molecular formula is C11H11ClN2O2. The molecular weight excluding hydrogens is 228 g/mol. The average Bonchev–Trinajstić information content (AvgIpc) is 2.70. The molecule has 4 nitrogen and oxygen atoms in total. The lowest BCUT2D eigenvalue weighted by Gasteiger charge is -2.34. The molecule has 2 aliphatic heterocycles. The van der Waals surface area contributed by atoms with E-state index >= 15 is 0 Å². The molecule has 1 aromatic carbocycles. The number of carbonyl (C=O) groups excluding carboxylic acids is 1. The SMILES string of the molecule is O=C1Nc2ccc(Cl)cc2N[C@]12CCOC2. The summed E-state index contributed by atoms with van der Waals surface area (Å²) in [6, 6.07) is 5.37. The highest BCUT2D eigenvalue weighted by atomic mass is 35.5. The van der Waals surface area contributed by atoms with Crippen LogP contribution in [0.4, 0.5) is 11.4 Å². The minimum absolute atomic E-state index is 0.0279. The molecule has 5 heteroatoms. The van der Waals surface area contributed by atoms with Gasteiger partial charge in [0, 0.05) is 18.1 Å². The number of fused-ring (bicyclic) bond motifs is 1. The van der Waals surface area contributed by atoms with Gasteiger partial charge in [-0.15, -0.1) is 0 Å². The van der Waals surface area contributed by atoms with Crippen LogP contribution in [-0.2, 0) is 9.53 Å². The van der Waals surface area contributed by atoms with Crippen LogP contribution in [0, 0.1) is 0 Å². The summed E-state index contributed by atoms with van der Waals surface area (Å²) in [4.78, 5) is 12.0. The van der Waals surface area contributed by atoms with E-state index in [-0.39, 0.29) is 5.91 Å². The molecule has 1 spiro atoms. The first kappa shape index (κ1) is 9.93. The van der Waals surface area contributed by atoms with E-state index in [1.807, 2.05) is 6.07 Å². The zero-order chi connectivity index (χ0) is 11.2. The summed E-state index contributed by atoms with van der Waals surface area (Å²) in [7, 11) is 0. The monoisotopic (exact) mass is 238 g/mol. The molecule has 0 saturated carbocycles. The van der Waals surface area contributed by atoms with Gasteiger partial charge in [-0.05, 0) is 18.2 Å². The van der Waals surface area contributed by atoms with E-state index in [0.29, 0.717) is 24.7 Å². The second-order valence-corrected chi connectivity index (χ2v) is 4.59. The van der Waals surface area contributed by atoms with Gasteiger partial charge in [-0.1, -0.05) is 11.6 Å². The number of benzene rings is 1. The summed E-state index contributed by atoms with van der Waals surface area (Å²) in [5.74, 6) is -0.0279. The number of hydrogen-bond donors (Lipinski definition) is 2. The van der Waals surface area contributed by atoms with Gasteiger partial charge in [0.05, 0.1) is 18.0 Å². The number of anilines is 2. The predicted molar refractivity (Wildman–Crippen MR) is 61.9 cm³/mol. The van der Waals surface area contributed by atoms with Gasteiger partial charge >= 0.3 is 0 Å². The third kappa shape index (κ3) is 1.37. The maximum Gasteiger partial charge on any atom is 0.252 e. The lowest BCUT2D eigenvalue weighted by atomic mass is 9.94. The molecule has 1 fully saturated rings. The number of rotatable bonds is 0. The van der Waals surface area contributed by atoms with Crippen LogP contribution in [0.1, 0.15) is 6.42 Å². The predicted octanol–water partition coefficient (Wildman–Crippen LogP) is 1.86. The molecule has 0 aliphatic carbocycles. The van der Waals surface area contributed by atoms with Crippen molar-refractivity contribution in [3.63, 3.8) is 0 Å². The van der Waals surface area contributed by atoms with E-state index < -0.39 is 5.54 Å². The maximum absolute atomic E-state index is 12.0. The molecule has 2 aliphatic rings. The van der Waals surface area contributed by atoms with E-state index in [1.54, 1.807) is 12.1 Å². The van der Waals surface area contributed by atoms with Crippen LogP contribution < -0.4 is 10.6 Å². The summed E-state index contributed by atoms with van der Waals surface area (Å²) in [6.07, 6.45) is 0.685. The topological polar surface area (TPSA) is 50.4 Å². The van der Waals surface area contributed by atoms with E-state index in [4.69, 9.17) is 16.3 Å². The van der Waals surface area contributed by atoms with Crippen LogP contribution in [-0.4, -0.2) is 24.7 Å². The van der Waals surface area contributed by atoms with Crippen LogP contribution in [0.15, 0.2) is 18.2 Å². The number of nitrogens with one attached hydrogen (secondary N) is 2. The van der Waals surface area contributed by atoms with Crippen molar-refractivity contribution in [1.82, 2.24) is 0 Å². The molecule has 1 aromatic rings. The Labute approximate surface area is 97.9 Å². The van der Waals surface area contributed by atoms with Crippen LogP contribution >= 0.6 is 11.6 Å². The van der Waals surface area contributed by atoms with Gasteiger partial charge in [-0.3, -0.25) is 4.79 Å².